The van der Waals surface area contributed by atoms with Gasteiger partial charge in [0.2, 0.25) is 0 Å². The molecule has 21 heavy (non-hydrogen) atoms. The summed E-state index contributed by atoms with van der Waals surface area (Å²) in [5.41, 5.74) is 6.11. The smallest absolute Gasteiger partial charge is 0.162 e. The van der Waals surface area contributed by atoms with E-state index >= 15 is 0 Å². The second kappa shape index (κ2) is 6.82. The minimum absolute atomic E-state index is 0.0860. The molecule has 0 radical (unpaired) electrons. The van der Waals surface area contributed by atoms with Crippen LogP contribution in [0.2, 0.25) is 0 Å². The van der Waals surface area contributed by atoms with E-state index in [-0.39, 0.29) is 24.5 Å². The van der Waals surface area contributed by atoms with Crippen LogP contribution in [0.4, 0.5) is 13.2 Å². The Hall–Kier alpha value is -2.45. The largest absolute Gasteiger partial charge is 0.489 e. The SMILES string of the molecule is NCC#Cc1cc(COc2ccc(F)c(F)c2)ccc1F. The molecule has 2 aromatic carbocycles. The van der Waals surface area contributed by atoms with Crippen LogP contribution in [-0.4, -0.2) is 6.54 Å². The Morgan fingerprint density at radius 2 is 1.71 bits per heavy atom. The van der Waals surface area contributed by atoms with Crippen LogP contribution in [0.3, 0.4) is 0 Å². The van der Waals surface area contributed by atoms with Crippen LogP contribution in [0.5, 0.6) is 5.75 Å². The maximum absolute atomic E-state index is 13.5. The lowest BCUT2D eigenvalue weighted by Crippen LogP contribution is -1.98. The van der Waals surface area contributed by atoms with Gasteiger partial charge in [0.05, 0.1) is 12.1 Å². The van der Waals surface area contributed by atoms with E-state index in [0.717, 1.165) is 12.1 Å². The quantitative estimate of drug-likeness (QED) is 0.882. The molecule has 0 fully saturated rings. The molecule has 0 atom stereocenters. The van der Waals surface area contributed by atoms with Crippen molar-refractivity contribution in [1.29, 1.82) is 0 Å². The molecule has 0 spiro atoms. The summed E-state index contributed by atoms with van der Waals surface area (Å²) >= 11 is 0. The summed E-state index contributed by atoms with van der Waals surface area (Å²) in [6.45, 7) is 0.220. The van der Waals surface area contributed by atoms with E-state index in [0.29, 0.717) is 5.56 Å². The van der Waals surface area contributed by atoms with Gasteiger partial charge < -0.3 is 10.5 Å². The van der Waals surface area contributed by atoms with Gasteiger partial charge in [-0.25, -0.2) is 13.2 Å². The Labute approximate surface area is 120 Å². The maximum Gasteiger partial charge on any atom is 0.162 e. The molecule has 0 heterocycles. The fourth-order valence-corrected chi connectivity index (χ4v) is 1.64. The fraction of sp³-hybridized carbons (Fsp3) is 0.125. The van der Waals surface area contributed by atoms with Gasteiger partial charge >= 0.3 is 0 Å². The molecule has 0 saturated carbocycles. The number of hydrogen-bond donors (Lipinski definition) is 1. The minimum Gasteiger partial charge on any atom is -0.489 e. The molecule has 0 bridgehead atoms. The van der Waals surface area contributed by atoms with Crippen molar-refractivity contribution < 1.29 is 17.9 Å². The van der Waals surface area contributed by atoms with Crippen molar-refractivity contribution in [3.8, 4) is 17.6 Å². The fourth-order valence-electron chi connectivity index (χ4n) is 1.64. The zero-order valence-electron chi connectivity index (χ0n) is 11.0. The number of halogens is 3. The molecule has 2 nitrogen and oxygen atoms in total. The van der Waals surface area contributed by atoms with Crippen LogP contribution in [0.25, 0.3) is 0 Å². The predicted molar refractivity (Wildman–Crippen MR) is 73.0 cm³/mol. The van der Waals surface area contributed by atoms with Crippen LogP contribution in [-0.2, 0) is 6.61 Å². The van der Waals surface area contributed by atoms with Crippen molar-refractivity contribution >= 4 is 0 Å². The van der Waals surface area contributed by atoms with Gasteiger partial charge in [-0.3, -0.25) is 0 Å². The Balaban J connectivity index is 2.11. The van der Waals surface area contributed by atoms with E-state index in [1.54, 1.807) is 0 Å². The molecule has 0 aliphatic heterocycles. The first-order valence-corrected chi connectivity index (χ1v) is 6.15. The molecule has 0 aromatic heterocycles. The second-order valence-electron chi connectivity index (χ2n) is 4.18. The molecular weight excluding hydrogens is 279 g/mol. The third kappa shape index (κ3) is 4.01. The van der Waals surface area contributed by atoms with E-state index < -0.39 is 17.5 Å². The first-order chi connectivity index (χ1) is 10.1. The molecule has 2 N–H and O–H groups in total. The van der Waals surface area contributed by atoms with E-state index in [4.69, 9.17) is 10.5 Å². The third-order valence-corrected chi connectivity index (χ3v) is 2.65. The van der Waals surface area contributed by atoms with Gasteiger partial charge in [0.1, 0.15) is 18.2 Å². The summed E-state index contributed by atoms with van der Waals surface area (Å²) < 4.78 is 44.6. The molecule has 0 unspecified atom stereocenters. The first kappa shape index (κ1) is 14.9. The Morgan fingerprint density at radius 3 is 2.43 bits per heavy atom. The minimum atomic E-state index is -0.985. The van der Waals surface area contributed by atoms with Crippen LogP contribution >= 0.6 is 0 Å². The average molecular weight is 291 g/mol. The van der Waals surface area contributed by atoms with Crippen molar-refractivity contribution in [3.05, 3.63) is 65.0 Å². The van der Waals surface area contributed by atoms with Gasteiger partial charge in [0, 0.05) is 6.07 Å². The number of rotatable bonds is 3. The van der Waals surface area contributed by atoms with Gasteiger partial charge in [0.25, 0.3) is 0 Å². The summed E-state index contributed by atoms with van der Waals surface area (Å²) in [6.07, 6.45) is 0. The molecule has 0 aliphatic carbocycles. The highest BCUT2D eigenvalue weighted by molar-refractivity contribution is 5.38. The summed E-state index contributed by atoms with van der Waals surface area (Å²) in [7, 11) is 0. The Kier molecular flexibility index (Phi) is 4.85. The summed E-state index contributed by atoms with van der Waals surface area (Å²) in [6, 6.07) is 7.57. The predicted octanol–water partition coefficient (Wildman–Crippen LogP) is 2.99. The van der Waals surface area contributed by atoms with Gasteiger partial charge in [-0.2, -0.15) is 0 Å². The Morgan fingerprint density at radius 1 is 0.952 bits per heavy atom. The highest BCUT2D eigenvalue weighted by Crippen LogP contribution is 2.17. The van der Waals surface area contributed by atoms with Gasteiger partial charge in [-0.15, -0.1) is 0 Å². The molecular formula is C16H12F3NO. The lowest BCUT2D eigenvalue weighted by molar-refractivity contribution is 0.303. The van der Waals surface area contributed by atoms with Crippen molar-refractivity contribution in [3.63, 3.8) is 0 Å². The molecule has 2 rings (SSSR count). The summed E-state index contributed by atoms with van der Waals surface area (Å²) in [5, 5.41) is 0. The van der Waals surface area contributed by atoms with E-state index in [1.165, 1.54) is 24.3 Å². The highest BCUT2D eigenvalue weighted by atomic mass is 19.2. The van der Waals surface area contributed by atoms with Crippen molar-refractivity contribution in [2.75, 3.05) is 6.54 Å². The number of benzene rings is 2. The van der Waals surface area contributed by atoms with Crippen LogP contribution in [0.1, 0.15) is 11.1 Å². The Bertz CT molecular complexity index is 704. The van der Waals surface area contributed by atoms with E-state index in [1.807, 2.05) is 0 Å². The molecule has 0 amide bonds. The average Bonchev–Trinajstić information content (AvgIpc) is 2.48. The summed E-state index contributed by atoms with van der Waals surface area (Å²) in [5.74, 6) is 2.99. The normalized spacial score (nSPS) is 9.90. The van der Waals surface area contributed by atoms with E-state index in [2.05, 4.69) is 11.8 Å². The molecule has 0 aliphatic rings. The summed E-state index contributed by atoms with van der Waals surface area (Å²) in [4.78, 5) is 0. The van der Waals surface area contributed by atoms with Gasteiger partial charge in [-0.1, -0.05) is 17.9 Å². The number of hydrogen-bond acceptors (Lipinski definition) is 2. The number of ether oxygens (including phenoxy) is 1. The van der Waals surface area contributed by atoms with Gasteiger partial charge in [-0.05, 0) is 29.8 Å². The maximum atomic E-state index is 13.5. The molecule has 0 saturated heterocycles. The van der Waals surface area contributed by atoms with Crippen molar-refractivity contribution in [2.24, 2.45) is 5.73 Å². The standard InChI is InChI=1S/C16H12F3NO/c17-14-5-3-11(8-12(14)2-1-7-20)10-21-13-4-6-15(18)16(19)9-13/h3-6,8-9H,7,10,20H2. The van der Waals surface area contributed by atoms with Crippen molar-refractivity contribution in [2.45, 2.75) is 6.61 Å². The van der Waals surface area contributed by atoms with Crippen LogP contribution in [0.15, 0.2) is 36.4 Å². The molecule has 2 aromatic rings. The topological polar surface area (TPSA) is 35.2 Å². The van der Waals surface area contributed by atoms with Crippen LogP contribution < -0.4 is 10.5 Å². The zero-order chi connectivity index (χ0) is 15.2. The first-order valence-electron chi connectivity index (χ1n) is 6.15. The molecule has 5 heteroatoms. The molecule has 108 valence electrons. The second-order valence-corrected chi connectivity index (χ2v) is 4.18. The monoisotopic (exact) mass is 291 g/mol. The lowest BCUT2D eigenvalue weighted by atomic mass is 10.1. The van der Waals surface area contributed by atoms with Crippen molar-refractivity contribution in [1.82, 2.24) is 0 Å². The van der Waals surface area contributed by atoms with Gasteiger partial charge in [0.15, 0.2) is 11.6 Å². The number of nitrogens with two attached hydrogens (primary N) is 1. The zero-order valence-corrected chi connectivity index (χ0v) is 11.0. The highest BCUT2D eigenvalue weighted by Gasteiger charge is 2.05. The third-order valence-electron chi connectivity index (χ3n) is 2.65. The lowest BCUT2D eigenvalue weighted by Gasteiger charge is -2.07. The van der Waals surface area contributed by atoms with Crippen LogP contribution in [0, 0.1) is 29.3 Å². The van der Waals surface area contributed by atoms with E-state index in [9.17, 15) is 13.2 Å².